The molecule has 0 saturated heterocycles. The Morgan fingerprint density at radius 3 is 2.30 bits per heavy atom. The van der Waals surface area contributed by atoms with E-state index in [-0.39, 0.29) is 17.9 Å². The number of rotatable bonds is 1. The summed E-state index contributed by atoms with van der Waals surface area (Å²) in [5.74, 6) is -0.166. The monoisotopic (exact) mass is 143 g/mol. The highest BCUT2D eigenvalue weighted by atomic mass is 16.1. The lowest BCUT2D eigenvalue weighted by Gasteiger charge is -2.09. The first-order valence-electron chi connectivity index (χ1n) is 3.15. The summed E-state index contributed by atoms with van der Waals surface area (Å²) in [6.45, 7) is 5.17. The number of carbonyl (C=O) groups is 1. The average Bonchev–Trinajstić information content (AvgIpc) is 1.58. The molecule has 0 bridgehead atoms. The molecule has 0 radical (unpaired) electrons. The number of guanidine groups is 1. The fourth-order valence-corrected chi connectivity index (χ4v) is 0.501. The van der Waals surface area contributed by atoms with Gasteiger partial charge in [0.05, 0.1) is 0 Å². The second-order valence-electron chi connectivity index (χ2n) is 2.36. The van der Waals surface area contributed by atoms with Crippen LogP contribution in [0.3, 0.4) is 0 Å². The van der Waals surface area contributed by atoms with E-state index in [1.807, 2.05) is 13.8 Å². The molecule has 0 aromatic rings. The van der Waals surface area contributed by atoms with Crippen molar-refractivity contribution in [2.45, 2.75) is 26.8 Å². The van der Waals surface area contributed by atoms with Crippen LogP contribution in [0.15, 0.2) is 0 Å². The third kappa shape index (κ3) is 5.08. The summed E-state index contributed by atoms with van der Waals surface area (Å²) >= 11 is 0. The van der Waals surface area contributed by atoms with E-state index < -0.39 is 0 Å². The van der Waals surface area contributed by atoms with Gasteiger partial charge < -0.3 is 5.32 Å². The Balaban J connectivity index is 3.54. The molecule has 0 aliphatic heterocycles. The third-order valence-electron chi connectivity index (χ3n) is 0.734. The van der Waals surface area contributed by atoms with Gasteiger partial charge in [-0.25, -0.2) is 0 Å². The molecule has 58 valence electrons. The van der Waals surface area contributed by atoms with Gasteiger partial charge >= 0.3 is 0 Å². The summed E-state index contributed by atoms with van der Waals surface area (Å²) in [5, 5.41) is 12.1. The highest BCUT2D eigenvalue weighted by Crippen LogP contribution is 1.73. The van der Waals surface area contributed by atoms with Crippen molar-refractivity contribution in [2.24, 2.45) is 0 Å². The minimum Gasteiger partial charge on any atom is -0.354 e. The molecule has 0 aromatic carbocycles. The molecule has 0 heterocycles. The van der Waals surface area contributed by atoms with Crippen LogP contribution in [0.25, 0.3) is 0 Å². The number of amides is 1. The summed E-state index contributed by atoms with van der Waals surface area (Å²) in [6, 6.07) is 0.180. The molecule has 0 unspecified atom stereocenters. The fourth-order valence-electron chi connectivity index (χ4n) is 0.501. The van der Waals surface area contributed by atoms with Crippen molar-refractivity contribution in [2.75, 3.05) is 0 Å². The number of nitrogens with one attached hydrogen (secondary N) is 3. The number of hydrogen-bond donors (Lipinski definition) is 3. The Morgan fingerprint density at radius 1 is 1.50 bits per heavy atom. The molecule has 0 aliphatic rings. The topological polar surface area (TPSA) is 65.0 Å². The average molecular weight is 143 g/mol. The molecular weight excluding hydrogens is 130 g/mol. The fraction of sp³-hybridized carbons (Fsp3) is 0.667. The summed E-state index contributed by atoms with van der Waals surface area (Å²) in [7, 11) is 0. The standard InChI is InChI=1S/C6H13N3O/c1-4(2)8-6(7)9-5(3)10/h4H,1-3H3,(H3,7,8,9,10). The normalized spacial score (nSPS) is 9.20. The quantitative estimate of drug-likeness (QED) is 0.359. The van der Waals surface area contributed by atoms with Gasteiger partial charge in [0.2, 0.25) is 5.91 Å². The maximum absolute atomic E-state index is 10.3. The van der Waals surface area contributed by atoms with E-state index in [4.69, 9.17) is 5.41 Å². The first-order valence-corrected chi connectivity index (χ1v) is 3.15. The summed E-state index contributed by atoms with van der Waals surface area (Å²) in [4.78, 5) is 10.3. The van der Waals surface area contributed by atoms with E-state index in [1.54, 1.807) is 0 Å². The van der Waals surface area contributed by atoms with Gasteiger partial charge in [-0.3, -0.25) is 15.5 Å². The lowest BCUT2D eigenvalue weighted by Crippen LogP contribution is -2.42. The van der Waals surface area contributed by atoms with Gasteiger partial charge in [0.25, 0.3) is 0 Å². The number of carbonyl (C=O) groups excluding carboxylic acids is 1. The van der Waals surface area contributed by atoms with Gasteiger partial charge in [-0.15, -0.1) is 0 Å². The van der Waals surface area contributed by atoms with Crippen LogP contribution in [0, 0.1) is 5.41 Å². The second kappa shape index (κ2) is 3.87. The lowest BCUT2D eigenvalue weighted by molar-refractivity contribution is -0.117. The van der Waals surface area contributed by atoms with Gasteiger partial charge in [0.15, 0.2) is 5.96 Å². The van der Waals surface area contributed by atoms with E-state index in [0.29, 0.717) is 0 Å². The first kappa shape index (κ1) is 8.94. The van der Waals surface area contributed by atoms with Gasteiger partial charge in [0.1, 0.15) is 0 Å². The Morgan fingerprint density at radius 2 is 2.00 bits per heavy atom. The zero-order valence-electron chi connectivity index (χ0n) is 6.49. The highest BCUT2D eigenvalue weighted by Gasteiger charge is 1.98. The molecule has 10 heavy (non-hydrogen) atoms. The molecule has 0 aromatic heterocycles. The van der Waals surface area contributed by atoms with E-state index >= 15 is 0 Å². The summed E-state index contributed by atoms with van der Waals surface area (Å²) in [6.07, 6.45) is 0. The first-order chi connectivity index (χ1) is 4.52. The molecule has 0 spiro atoms. The van der Waals surface area contributed by atoms with Crippen LogP contribution in [0.4, 0.5) is 0 Å². The van der Waals surface area contributed by atoms with Gasteiger partial charge in [-0.1, -0.05) is 0 Å². The van der Waals surface area contributed by atoms with Gasteiger partial charge in [0, 0.05) is 13.0 Å². The number of hydrogen-bond acceptors (Lipinski definition) is 2. The van der Waals surface area contributed by atoms with Crippen LogP contribution in [-0.4, -0.2) is 17.9 Å². The van der Waals surface area contributed by atoms with Crippen molar-refractivity contribution < 1.29 is 4.79 Å². The maximum atomic E-state index is 10.3. The van der Waals surface area contributed by atoms with Crippen molar-refractivity contribution in [1.29, 1.82) is 5.41 Å². The Labute approximate surface area is 60.5 Å². The van der Waals surface area contributed by atoms with E-state index in [1.165, 1.54) is 6.92 Å². The Bertz CT molecular complexity index is 142. The van der Waals surface area contributed by atoms with Crippen LogP contribution in [0.2, 0.25) is 0 Å². The minimum absolute atomic E-state index is 0.0579. The molecule has 3 N–H and O–H groups in total. The molecular formula is C6H13N3O. The van der Waals surface area contributed by atoms with E-state index in [9.17, 15) is 4.79 Å². The molecule has 0 atom stereocenters. The SMILES string of the molecule is CC(=O)NC(=N)NC(C)C. The molecule has 0 rings (SSSR count). The molecule has 0 saturated carbocycles. The van der Waals surface area contributed by atoms with Crippen LogP contribution < -0.4 is 10.6 Å². The van der Waals surface area contributed by atoms with E-state index in [2.05, 4.69) is 10.6 Å². The van der Waals surface area contributed by atoms with Crippen LogP contribution in [0.1, 0.15) is 20.8 Å². The van der Waals surface area contributed by atoms with Crippen LogP contribution in [-0.2, 0) is 4.79 Å². The van der Waals surface area contributed by atoms with Crippen molar-refractivity contribution >= 4 is 11.9 Å². The largest absolute Gasteiger partial charge is 0.354 e. The minimum atomic E-state index is -0.224. The van der Waals surface area contributed by atoms with Gasteiger partial charge in [-0.2, -0.15) is 0 Å². The summed E-state index contributed by atoms with van der Waals surface area (Å²) < 4.78 is 0. The zero-order chi connectivity index (χ0) is 8.15. The molecule has 0 fully saturated rings. The predicted molar refractivity (Wildman–Crippen MR) is 39.8 cm³/mol. The molecule has 0 aliphatic carbocycles. The maximum Gasteiger partial charge on any atom is 0.223 e. The van der Waals surface area contributed by atoms with Crippen molar-refractivity contribution in [1.82, 2.24) is 10.6 Å². The smallest absolute Gasteiger partial charge is 0.223 e. The second-order valence-corrected chi connectivity index (χ2v) is 2.36. The van der Waals surface area contributed by atoms with Gasteiger partial charge in [-0.05, 0) is 13.8 Å². The zero-order valence-corrected chi connectivity index (χ0v) is 6.49. The third-order valence-corrected chi connectivity index (χ3v) is 0.734. The van der Waals surface area contributed by atoms with Crippen molar-refractivity contribution in [3.05, 3.63) is 0 Å². The van der Waals surface area contributed by atoms with Crippen molar-refractivity contribution in [3.63, 3.8) is 0 Å². The lowest BCUT2D eigenvalue weighted by atomic mass is 10.4. The Kier molecular flexibility index (Phi) is 3.46. The van der Waals surface area contributed by atoms with Crippen LogP contribution >= 0.6 is 0 Å². The molecule has 4 heteroatoms. The molecule has 4 nitrogen and oxygen atoms in total. The Hall–Kier alpha value is -1.06. The van der Waals surface area contributed by atoms with E-state index in [0.717, 1.165) is 0 Å². The molecule has 1 amide bonds. The van der Waals surface area contributed by atoms with Crippen LogP contribution in [0.5, 0.6) is 0 Å². The summed E-state index contributed by atoms with van der Waals surface area (Å²) in [5.41, 5.74) is 0. The van der Waals surface area contributed by atoms with Crippen molar-refractivity contribution in [3.8, 4) is 0 Å². The predicted octanol–water partition coefficient (Wildman–Crippen LogP) is 0.0553. The highest BCUT2D eigenvalue weighted by molar-refractivity contribution is 5.94.